The van der Waals surface area contributed by atoms with Crippen molar-refractivity contribution in [2.24, 2.45) is 5.92 Å². The second kappa shape index (κ2) is 7.08. The number of carbonyl (C=O) groups excluding carboxylic acids is 1. The molecule has 124 valence electrons. The number of hydrogen-bond acceptors (Lipinski definition) is 6. The highest BCUT2D eigenvalue weighted by atomic mass is 16.6. The van der Waals surface area contributed by atoms with Crippen LogP contribution in [0, 0.1) is 5.92 Å². The molecule has 0 fully saturated rings. The number of aromatic amines is 1. The minimum Gasteiger partial charge on any atom is -0.451 e. The van der Waals surface area contributed by atoms with Gasteiger partial charge in [-0.3, -0.25) is 5.10 Å². The second-order valence-electron chi connectivity index (χ2n) is 5.81. The van der Waals surface area contributed by atoms with Crippen LogP contribution in [0.4, 0.5) is 0 Å². The van der Waals surface area contributed by atoms with Crippen LogP contribution in [0.15, 0.2) is 40.9 Å². The van der Waals surface area contributed by atoms with Crippen molar-refractivity contribution in [2.45, 2.75) is 26.9 Å². The molecule has 7 nitrogen and oxygen atoms in total. The first-order valence-corrected chi connectivity index (χ1v) is 7.71. The zero-order valence-corrected chi connectivity index (χ0v) is 13.5. The van der Waals surface area contributed by atoms with Crippen LogP contribution in [-0.4, -0.2) is 26.3 Å². The summed E-state index contributed by atoms with van der Waals surface area (Å²) in [6, 6.07) is 11.2. The fraction of sp³-hybridized carbons (Fsp3) is 0.294. The van der Waals surface area contributed by atoms with Crippen molar-refractivity contribution >= 4 is 5.97 Å². The normalized spacial score (nSPS) is 11.0. The second-order valence-corrected chi connectivity index (χ2v) is 5.81. The van der Waals surface area contributed by atoms with Gasteiger partial charge in [-0.15, -0.1) is 0 Å². The highest BCUT2D eigenvalue weighted by Gasteiger charge is 2.15. The van der Waals surface area contributed by atoms with E-state index in [1.165, 1.54) is 0 Å². The van der Waals surface area contributed by atoms with E-state index in [-0.39, 0.29) is 18.2 Å². The number of esters is 1. The predicted octanol–water partition coefficient (Wildman–Crippen LogP) is 3.02. The summed E-state index contributed by atoms with van der Waals surface area (Å²) in [6.45, 7) is 4.07. The van der Waals surface area contributed by atoms with Crippen molar-refractivity contribution < 1.29 is 14.1 Å². The molecule has 24 heavy (non-hydrogen) atoms. The Morgan fingerprint density at radius 2 is 2.08 bits per heavy atom. The van der Waals surface area contributed by atoms with E-state index in [4.69, 9.17) is 9.26 Å². The summed E-state index contributed by atoms with van der Waals surface area (Å²) in [4.78, 5) is 16.3. The van der Waals surface area contributed by atoms with Gasteiger partial charge in [0, 0.05) is 12.0 Å². The molecule has 0 bridgehead atoms. The summed E-state index contributed by atoms with van der Waals surface area (Å²) in [5.41, 5.74) is 1.87. The Kier molecular flexibility index (Phi) is 4.69. The standard InChI is InChI=1S/C17H18N4O3/c1-11(2)8-15-18-16(24-21-15)10-23-17(22)14-9-13(19-20-14)12-6-4-3-5-7-12/h3-7,9,11H,8,10H2,1-2H3,(H,19,20). The first kappa shape index (κ1) is 15.9. The Morgan fingerprint density at radius 3 is 2.83 bits per heavy atom. The molecule has 0 saturated carbocycles. The van der Waals surface area contributed by atoms with Gasteiger partial charge in [0.05, 0.1) is 5.69 Å². The van der Waals surface area contributed by atoms with Crippen molar-refractivity contribution in [2.75, 3.05) is 0 Å². The fourth-order valence-electron chi connectivity index (χ4n) is 2.18. The molecule has 1 N–H and O–H groups in total. The van der Waals surface area contributed by atoms with Crippen molar-refractivity contribution in [3.8, 4) is 11.3 Å². The Hall–Kier alpha value is -2.96. The molecule has 1 aromatic carbocycles. The van der Waals surface area contributed by atoms with Crippen molar-refractivity contribution in [1.82, 2.24) is 20.3 Å². The van der Waals surface area contributed by atoms with E-state index in [9.17, 15) is 4.79 Å². The van der Waals surface area contributed by atoms with E-state index in [1.807, 2.05) is 30.3 Å². The molecule has 7 heteroatoms. The van der Waals surface area contributed by atoms with Crippen LogP contribution in [0.2, 0.25) is 0 Å². The first-order chi connectivity index (χ1) is 11.6. The molecule has 0 aliphatic rings. The zero-order chi connectivity index (χ0) is 16.9. The van der Waals surface area contributed by atoms with Crippen molar-refractivity contribution in [1.29, 1.82) is 0 Å². The molecule has 0 aliphatic heterocycles. The number of nitrogens with one attached hydrogen (secondary N) is 1. The largest absolute Gasteiger partial charge is 0.451 e. The van der Waals surface area contributed by atoms with Gasteiger partial charge in [-0.2, -0.15) is 10.1 Å². The first-order valence-electron chi connectivity index (χ1n) is 7.71. The number of hydrogen-bond donors (Lipinski definition) is 1. The smallest absolute Gasteiger partial charge is 0.356 e. The van der Waals surface area contributed by atoms with Crippen LogP contribution in [0.3, 0.4) is 0 Å². The highest BCUT2D eigenvalue weighted by molar-refractivity contribution is 5.88. The molecule has 0 amide bonds. The van der Waals surface area contributed by atoms with Crippen LogP contribution in [-0.2, 0) is 17.8 Å². The maximum absolute atomic E-state index is 12.1. The maximum atomic E-state index is 12.1. The third kappa shape index (κ3) is 3.87. The Balaban J connectivity index is 1.59. The minimum atomic E-state index is -0.520. The Bertz CT molecular complexity index is 808. The molecule has 0 aliphatic carbocycles. The third-order valence-corrected chi connectivity index (χ3v) is 3.30. The lowest BCUT2D eigenvalue weighted by Gasteiger charge is -1.98. The van der Waals surface area contributed by atoms with Gasteiger partial charge in [0.15, 0.2) is 12.4 Å². The molecule has 3 rings (SSSR count). The third-order valence-electron chi connectivity index (χ3n) is 3.30. The average molecular weight is 326 g/mol. The van der Waals surface area contributed by atoms with E-state index in [0.717, 1.165) is 12.0 Å². The molecule has 2 aromatic heterocycles. The van der Waals surface area contributed by atoms with Gasteiger partial charge in [0.25, 0.3) is 5.89 Å². The van der Waals surface area contributed by atoms with Gasteiger partial charge < -0.3 is 9.26 Å². The molecule has 0 radical (unpaired) electrons. The summed E-state index contributed by atoms with van der Waals surface area (Å²) in [5, 5.41) is 10.7. The summed E-state index contributed by atoms with van der Waals surface area (Å²) in [7, 11) is 0. The molecule has 2 heterocycles. The molecule has 0 saturated heterocycles. The van der Waals surface area contributed by atoms with Crippen LogP contribution in [0.1, 0.15) is 36.1 Å². The summed E-state index contributed by atoms with van der Waals surface area (Å²) < 4.78 is 10.2. The number of benzene rings is 1. The SMILES string of the molecule is CC(C)Cc1noc(COC(=O)c2cc(-c3ccccc3)n[nH]2)n1. The number of rotatable bonds is 6. The molecule has 0 spiro atoms. The quantitative estimate of drug-likeness (QED) is 0.700. The molecular weight excluding hydrogens is 308 g/mol. The van der Waals surface area contributed by atoms with E-state index in [0.29, 0.717) is 17.4 Å². The number of nitrogens with zero attached hydrogens (tertiary/aromatic N) is 3. The molecule has 0 atom stereocenters. The van der Waals surface area contributed by atoms with E-state index in [1.54, 1.807) is 6.07 Å². The van der Waals surface area contributed by atoms with Gasteiger partial charge in [-0.25, -0.2) is 4.79 Å². The molecule has 0 unspecified atom stereocenters. The maximum Gasteiger partial charge on any atom is 0.356 e. The van der Waals surface area contributed by atoms with Gasteiger partial charge in [0.2, 0.25) is 0 Å². The summed E-state index contributed by atoms with van der Waals surface area (Å²) in [6.07, 6.45) is 0.721. The number of carbonyl (C=O) groups is 1. The van der Waals surface area contributed by atoms with Crippen LogP contribution in [0.5, 0.6) is 0 Å². The van der Waals surface area contributed by atoms with Crippen LogP contribution < -0.4 is 0 Å². The predicted molar refractivity (Wildman–Crippen MR) is 86.0 cm³/mol. The lowest BCUT2D eigenvalue weighted by Crippen LogP contribution is -2.06. The van der Waals surface area contributed by atoms with E-state index < -0.39 is 5.97 Å². The molecule has 3 aromatic rings. The minimum absolute atomic E-state index is 0.0659. The average Bonchev–Trinajstić information content (AvgIpc) is 3.22. The van der Waals surface area contributed by atoms with Gasteiger partial charge in [0.1, 0.15) is 5.69 Å². The summed E-state index contributed by atoms with van der Waals surface area (Å²) in [5.74, 6) is 0.804. The zero-order valence-electron chi connectivity index (χ0n) is 13.5. The topological polar surface area (TPSA) is 93.9 Å². The highest BCUT2D eigenvalue weighted by Crippen LogP contribution is 2.17. The lowest BCUT2D eigenvalue weighted by molar-refractivity contribution is 0.0423. The van der Waals surface area contributed by atoms with Crippen molar-refractivity contribution in [3.63, 3.8) is 0 Å². The number of aromatic nitrogens is 4. The van der Waals surface area contributed by atoms with Crippen molar-refractivity contribution in [3.05, 3.63) is 53.8 Å². The number of H-pyrrole nitrogens is 1. The Labute approximate surface area is 139 Å². The monoisotopic (exact) mass is 326 g/mol. The van der Waals surface area contributed by atoms with Crippen LogP contribution in [0.25, 0.3) is 11.3 Å². The molecular formula is C17H18N4O3. The van der Waals surface area contributed by atoms with Gasteiger partial charge in [-0.1, -0.05) is 49.3 Å². The van der Waals surface area contributed by atoms with E-state index in [2.05, 4.69) is 34.2 Å². The summed E-state index contributed by atoms with van der Waals surface area (Å²) >= 11 is 0. The van der Waals surface area contributed by atoms with Gasteiger partial charge >= 0.3 is 5.97 Å². The lowest BCUT2D eigenvalue weighted by atomic mass is 10.1. The van der Waals surface area contributed by atoms with Gasteiger partial charge in [-0.05, 0) is 12.0 Å². The van der Waals surface area contributed by atoms with E-state index >= 15 is 0 Å². The van der Waals surface area contributed by atoms with Crippen LogP contribution >= 0.6 is 0 Å². The Morgan fingerprint density at radius 1 is 1.29 bits per heavy atom. The fourth-order valence-corrected chi connectivity index (χ4v) is 2.18. The number of ether oxygens (including phenoxy) is 1.